The van der Waals surface area contributed by atoms with Crippen molar-refractivity contribution >= 4 is 0 Å². The van der Waals surface area contributed by atoms with Crippen LogP contribution in [0.1, 0.15) is 0 Å². The number of nitrogens with one attached hydrogen (secondary N) is 1. The van der Waals surface area contributed by atoms with Gasteiger partial charge in [0, 0.05) is 26.5 Å². The highest BCUT2D eigenvalue weighted by molar-refractivity contribution is 4.71. The van der Waals surface area contributed by atoms with E-state index >= 15 is 0 Å². The van der Waals surface area contributed by atoms with Gasteiger partial charge in [-0.3, -0.25) is 4.99 Å². The Labute approximate surface area is 47.7 Å². The SMILES string of the molecule is C/N=c1/[nH]ccn1C. The van der Waals surface area contributed by atoms with E-state index in [2.05, 4.69) is 9.98 Å². The molecule has 0 fully saturated rings. The second kappa shape index (κ2) is 1.86. The lowest BCUT2D eigenvalue weighted by molar-refractivity contribution is 0.823. The topological polar surface area (TPSA) is 33.1 Å². The normalized spacial score (nSPS) is 12.5. The maximum atomic E-state index is 3.94. The molecule has 3 heteroatoms. The summed E-state index contributed by atoms with van der Waals surface area (Å²) in [6.07, 6.45) is 3.77. The molecule has 0 amide bonds. The van der Waals surface area contributed by atoms with Crippen LogP contribution in [0.5, 0.6) is 0 Å². The van der Waals surface area contributed by atoms with Crippen molar-refractivity contribution in [1.82, 2.24) is 9.55 Å². The quantitative estimate of drug-likeness (QED) is 0.484. The lowest BCUT2D eigenvalue weighted by Gasteiger charge is -1.83. The van der Waals surface area contributed by atoms with Crippen molar-refractivity contribution in [2.24, 2.45) is 12.0 Å². The van der Waals surface area contributed by atoms with Crippen molar-refractivity contribution < 1.29 is 0 Å². The van der Waals surface area contributed by atoms with Crippen molar-refractivity contribution in [1.29, 1.82) is 0 Å². The Morgan fingerprint density at radius 2 is 2.50 bits per heavy atom. The number of aromatic amines is 1. The number of nitrogens with zero attached hydrogens (tertiary/aromatic N) is 2. The number of hydrogen-bond acceptors (Lipinski definition) is 1. The molecule has 1 N–H and O–H groups in total. The number of aryl methyl sites for hydroxylation is 1. The lowest BCUT2D eigenvalue weighted by Crippen LogP contribution is -2.13. The molecule has 0 aromatic carbocycles. The zero-order valence-electron chi connectivity index (χ0n) is 5.05. The van der Waals surface area contributed by atoms with Gasteiger partial charge in [-0.1, -0.05) is 0 Å². The molecule has 8 heavy (non-hydrogen) atoms. The van der Waals surface area contributed by atoms with E-state index in [1.54, 1.807) is 7.05 Å². The van der Waals surface area contributed by atoms with Gasteiger partial charge in [-0.2, -0.15) is 0 Å². The number of hydrogen-bond donors (Lipinski definition) is 1. The van der Waals surface area contributed by atoms with Gasteiger partial charge in [0.1, 0.15) is 0 Å². The van der Waals surface area contributed by atoms with Gasteiger partial charge in [-0.15, -0.1) is 0 Å². The van der Waals surface area contributed by atoms with E-state index in [4.69, 9.17) is 0 Å². The molecule has 0 saturated heterocycles. The minimum absolute atomic E-state index is 0.894. The molecular weight excluding hydrogens is 102 g/mol. The molecule has 1 aromatic heterocycles. The van der Waals surface area contributed by atoms with Gasteiger partial charge >= 0.3 is 0 Å². The van der Waals surface area contributed by atoms with E-state index in [1.807, 2.05) is 24.0 Å². The van der Waals surface area contributed by atoms with Gasteiger partial charge in [0.15, 0.2) is 0 Å². The van der Waals surface area contributed by atoms with Gasteiger partial charge < -0.3 is 9.55 Å². The predicted octanol–water partition coefficient (Wildman–Crippen LogP) is -0.116. The van der Waals surface area contributed by atoms with E-state index in [0.29, 0.717) is 0 Å². The molecule has 0 spiro atoms. The zero-order valence-corrected chi connectivity index (χ0v) is 5.05. The summed E-state index contributed by atoms with van der Waals surface area (Å²) >= 11 is 0. The van der Waals surface area contributed by atoms with Crippen LogP contribution >= 0.6 is 0 Å². The largest absolute Gasteiger partial charge is 0.331 e. The molecule has 0 atom stereocenters. The summed E-state index contributed by atoms with van der Waals surface area (Å²) in [5.41, 5.74) is 0.894. The highest BCUT2D eigenvalue weighted by Crippen LogP contribution is 1.67. The van der Waals surface area contributed by atoms with Crippen LogP contribution in [-0.4, -0.2) is 16.6 Å². The monoisotopic (exact) mass is 111 g/mol. The fourth-order valence-corrected chi connectivity index (χ4v) is 0.618. The third kappa shape index (κ3) is 0.665. The number of H-pyrrole nitrogens is 1. The summed E-state index contributed by atoms with van der Waals surface area (Å²) in [6, 6.07) is 0. The Morgan fingerprint density at radius 1 is 1.75 bits per heavy atom. The standard InChI is InChI=1S/C5H9N3/c1-6-5-7-3-4-8(5)2/h3-4H,1-2H3,(H,6,7). The molecule has 0 unspecified atom stereocenters. The van der Waals surface area contributed by atoms with Crippen molar-refractivity contribution in [3.8, 4) is 0 Å². The zero-order chi connectivity index (χ0) is 5.98. The Morgan fingerprint density at radius 3 is 2.75 bits per heavy atom. The minimum Gasteiger partial charge on any atom is -0.331 e. The van der Waals surface area contributed by atoms with E-state index < -0.39 is 0 Å². The van der Waals surface area contributed by atoms with Crippen LogP contribution in [0.4, 0.5) is 0 Å². The molecule has 0 aliphatic carbocycles. The molecule has 0 aliphatic rings. The molecule has 1 heterocycles. The Balaban J connectivity index is 3.31. The minimum atomic E-state index is 0.894. The van der Waals surface area contributed by atoms with E-state index in [-0.39, 0.29) is 0 Å². The van der Waals surface area contributed by atoms with Gasteiger partial charge in [0.05, 0.1) is 0 Å². The smallest absolute Gasteiger partial charge is 0.201 e. The summed E-state index contributed by atoms with van der Waals surface area (Å²) in [5.74, 6) is 0. The average Bonchev–Trinajstić information content (AvgIpc) is 2.14. The molecule has 0 radical (unpaired) electrons. The molecule has 3 nitrogen and oxygen atoms in total. The first-order chi connectivity index (χ1) is 3.84. The fraction of sp³-hybridized carbons (Fsp3) is 0.400. The van der Waals surface area contributed by atoms with Crippen LogP contribution in [0.15, 0.2) is 17.4 Å². The lowest BCUT2D eigenvalue weighted by atomic mass is 10.9. The highest BCUT2D eigenvalue weighted by atomic mass is 15.1. The van der Waals surface area contributed by atoms with Crippen LogP contribution in [-0.2, 0) is 7.05 Å². The average molecular weight is 111 g/mol. The summed E-state index contributed by atoms with van der Waals surface area (Å²) in [6.45, 7) is 0. The second-order valence-electron chi connectivity index (χ2n) is 1.62. The Bertz CT molecular complexity index is 218. The van der Waals surface area contributed by atoms with Crippen molar-refractivity contribution in [2.75, 3.05) is 7.05 Å². The van der Waals surface area contributed by atoms with Crippen LogP contribution in [0.25, 0.3) is 0 Å². The maximum absolute atomic E-state index is 3.94. The van der Waals surface area contributed by atoms with Gasteiger partial charge in [-0.25, -0.2) is 0 Å². The van der Waals surface area contributed by atoms with Crippen LogP contribution in [0.2, 0.25) is 0 Å². The Hall–Kier alpha value is -0.990. The van der Waals surface area contributed by atoms with Gasteiger partial charge in [-0.05, 0) is 0 Å². The first kappa shape index (κ1) is 5.15. The van der Waals surface area contributed by atoms with E-state index in [9.17, 15) is 0 Å². The van der Waals surface area contributed by atoms with Crippen molar-refractivity contribution in [2.45, 2.75) is 0 Å². The summed E-state index contributed by atoms with van der Waals surface area (Å²) in [7, 11) is 3.70. The van der Waals surface area contributed by atoms with E-state index in [1.165, 1.54) is 0 Å². The summed E-state index contributed by atoms with van der Waals surface area (Å²) in [4.78, 5) is 6.89. The Kier molecular flexibility index (Phi) is 1.20. The third-order valence-electron chi connectivity index (χ3n) is 1.06. The molecule has 0 bridgehead atoms. The summed E-state index contributed by atoms with van der Waals surface area (Å²) in [5, 5.41) is 0. The summed E-state index contributed by atoms with van der Waals surface area (Å²) < 4.78 is 1.92. The van der Waals surface area contributed by atoms with Crippen LogP contribution < -0.4 is 5.62 Å². The highest BCUT2D eigenvalue weighted by Gasteiger charge is 1.79. The maximum Gasteiger partial charge on any atom is 0.201 e. The molecule has 0 saturated carbocycles. The number of imidazole rings is 1. The third-order valence-corrected chi connectivity index (χ3v) is 1.06. The second-order valence-corrected chi connectivity index (χ2v) is 1.62. The van der Waals surface area contributed by atoms with Crippen molar-refractivity contribution in [3.63, 3.8) is 0 Å². The molecule has 44 valence electrons. The number of aromatic nitrogens is 2. The first-order valence-corrected chi connectivity index (χ1v) is 2.47. The van der Waals surface area contributed by atoms with Crippen molar-refractivity contribution in [3.05, 3.63) is 18.0 Å². The number of rotatable bonds is 0. The van der Waals surface area contributed by atoms with Crippen LogP contribution in [0.3, 0.4) is 0 Å². The van der Waals surface area contributed by atoms with Crippen LogP contribution in [0, 0.1) is 0 Å². The van der Waals surface area contributed by atoms with Gasteiger partial charge in [0.2, 0.25) is 5.62 Å². The predicted molar refractivity (Wildman–Crippen MR) is 31.3 cm³/mol. The van der Waals surface area contributed by atoms with E-state index in [0.717, 1.165) is 5.62 Å². The molecule has 1 aromatic rings. The molecule has 1 rings (SSSR count). The fourth-order valence-electron chi connectivity index (χ4n) is 0.618. The molecular formula is C5H9N3. The molecule has 0 aliphatic heterocycles. The first-order valence-electron chi connectivity index (χ1n) is 2.47. The van der Waals surface area contributed by atoms with Gasteiger partial charge in [0.25, 0.3) is 0 Å².